The minimum absolute atomic E-state index is 0.00151. The first kappa shape index (κ1) is 14.8. The quantitative estimate of drug-likeness (QED) is 0.737. The van der Waals surface area contributed by atoms with E-state index in [4.69, 9.17) is 9.47 Å². The maximum atomic E-state index is 12.5. The number of Topliss-reactive ketones (excluding diaryl/α,β-unsaturated/α-hetero) is 1. The third-order valence-electron chi connectivity index (χ3n) is 3.51. The van der Waals surface area contributed by atoms with E-state index in [9.17, 15) is 20.1 Å². The van der Waals surface area contributed by atoms with E-state index in [1.54, 1.807) is 18.2 Å². The monoisotopic (exact) mass is 314 g/mol. The molecule has 1 aliphatic heterocycles. The van der Waals surface area contributed by atoms with Gasteiger partial charge in [-0.3, -0.25) is 4.79 Å². The summed E-state index contributed by atoms with van der Waals surface area (Å²) in [5, 5.41) is 29.1. The number of phenolic OH excluding ortho intramolecular Hbond substituents is 3. The predicted octanol–water partition coefficient (Wildman–Crippen LogP) is 2.47. The number of benzene rings is 2. The molecular weight excluding hydrogens is 300 g/mol. The fourth-order valence-electron chi connectivity index (χ4n) is 2.42. The van der Waals surface area contributed by atoms with Gasteiger partial charge in [-0.2, -0.15) is 0 Å². The molecule has 0 radical (unpaired) electrons. The van der Waals surface area contributed by atoms with Crippen LogP contribution in [0.15, 0.2) is 35.9 Å². The third kappa shape index (κ3) is 2.66. The molecule has 2 aromatic carbocycles. The number of ketones is 1. The lowest BCUT2D eigenvalue weighted by Gasteiger charge is -2.20. The zero-order chi connectivity index (χ0) is 16.6. The van der Waals surface area contributed by atoms with Gasteiger partial charge in [-0.15, -0.1) is 0 Å². The van der Waals surface area contributed by atoms with Gasteiger partial charge in [-0.1, -0.05) is 6.07 Å². The average molecular weight is 314 g/mol. The van der Waals surface area contributed by atoms with Crippen molar-refractivity contribution in [2.75, 3.05) is 13.7 Å². The van der Waals surface area contributed by atoms with Crippen molar-refractivity contribution in [1.82, 2.24) is 0 Å². The Hall–Kier alpha value is -3.15. The molecule has 0 amide bonds. The Balaban J connectivity index is 1.99. The Kier molecular flexibility index (Phi) is 3.57. The van der Waals surface area contributed by atoms with Crippen LogP contribution in [0.1, 0.15) is 15.9 Å². The van der Waals surface area contributed by atoms with Crippen molar-refractivity contribution in [1.29, 1.82) is 0 Å². The lowest BCUT2D eigenvalue weighted by atomic mass is 9.97. The molecule has 0 aromatic heterocycles. The van der Waals surface area contributed by atoms with Gasteiger partial charge >= 0.3 is 0 Å². The molecule has 1 heterocycles. The highest BCUT2D eigenvalue weighted by atomic mass is 16.5. The fourth-order valence-corrected chi connectivity index (χ4v) is 2.42. The maximum absolute atomic E-state index is 12.5. The van der Waals surface area contributed by atoms with Gasteiger partial charge in [0, 0.05) is 17.7 Å². The Morgan fingerprint density at radius 3 is 2.61 bits per heavy atom. The summed E-state index contributed by atoms with van der Waals surface area (Å²) >= 11 is 0. The molecule has 0 spiro atoms. The van der Waals surface area contributed by atoms with E-state index in [1.807, 2.05) is 0 Å². The minimum Gasteiger partial charge on any atom is -0.508 e. The number of aromatic hydroxyl groups is 3. The molecule has 0 atom stereocenters. The summed E-state index contributed by atoms with van der Waals surface area (Å²) in [6.07, 6.45) is 1.57. The van der Waals surface area contributed by atoms with Crippen molar-refractivity contribution in [3.63, 3.8) is 0 Å². The lowest BCUT2D eigenvalue weighted by Crippen LogP contribution is -2.19. The van der Waals surface area contributed by atoms with Crippen LogP contribution in [0.4, 0.5) is 0 Å². The van der Waals surface area contributed by atoms with Gasteiger partial charge in [0.15, 0.2) is 17.3 Å². The summed E-state index contributed by atoms with van der Waals surface area (Å²) < 4.78 is 10.4. The van der Waals surface area contributed by atoms with Crippen molar-refractivity contribution >= 4 is 11.9 Å². The van der Waals surface area contributed by atoms with E-state index in [1.165, 1.54) is 19.2 Å². The molecule has 6 nitrogen and oxygen atoms in total. The van der Waals surface area contributed by atoms with Crippen LogP contribution in [-0.4, -0.2) is 34.8 Å². The molecule has 0 saturated carbocycles. The molecule has 118 valence electrons. The smallest absolute Gasteiger partial charge is 0.199 e. The van der Waals surface area contributed by atoms with Crippen LogP contribution in [0.5, 0.6) is 28.7 Å². The van der Waals surface area contributed by atoms with Crippen LogP contribution in [-0.2, 0) is 0 Å². The average Bonchev–Trinajstić information content (AvgIpc) is 2.49. The van der Waals surface area contributed by atoms with Crippen LogP contribution in [0, 0.1) is 0 Å². The third-order valence-corrected chi connectivity index (χ3v) is 3.51. The lowest BCUT2D eigenvalue weighted by molar-refractivity contribution is 0.0997. The number of methoxy groups -OCH3 is 1. The van der Waals surface area contributed by atoms with Crippen LogP contribution < -0.4 is 9.47 Å². The molecule has 23 heavy (non-hydrogen) atoms. The minimum atomic E-state index is -0.390. The zero-order valence-electron chi connectivity index (χ0n) is 12.2. The van der Waals surface area contributed by atoms with Gasteiger partial charge in [0.25, 0.3) is 0 Å². The Bertz CT molecular complexity index is 822. The van der Waals surface area contributed by atoms with Crippen LogP contribution >= 0.6 is 0 Å². The van der Waals surface area contributed by atoms with Crippen molar-refractivity contribution in [3.05, 3.63) is 47.0 Å². The van der Waals surface area contributed by atoms with E-state index in [0.717, 1.165) is 6.07 Å². The molecule has 6 heteroatoms. The maximum Gasteiger partial charge on any atom is 0.199 e. The van der Waals surface area contributed by atoms with Gasteiger partial charge in [-0.25, -0.2) is 0 Å². The Morgan fingerprint density at radius 2 is 1.91 bits per heavy atom. The molecule has 0 fully saturated rings. The van der Waals surface area contributed by atoms with Crippen molar-refractivity contribution < 1.29 is 29.6 Å². The second kappa shape index (κ2) is 5.57. The molecular formula is C17H14O6. The van der Waals surface area contributed by atoms with Crippen molar-refractivity contribution in [2.24, 2.45) is 0 Å². The second-order valence-corrected chi connectivity index (χ2v) is 5.06. The first-order chi connectivity index (χ1) is 11.0. The van der Waals surface area contributed by atoms with Gasteiger partial charge < -0.3 is 24.8 Å². The normalized spacial score (nSPS) is 15.2. The van der Waals surface area contributed by atoms with Crippen LogP contribution in [0.25, 0.3) is 6.08 Å². The topological polar surface area (TPSA) is 96.2 Å². The largest absolute Gasteiger partial charge is 0.508 e. The molecule has 0 unspecified atom stereocenters. The molecule has 0 aliphatic carbocycles. The Labute approximate surface area is 131 Å². The molecule has 1 aliphatic rings. The summed E-state index contributed by atoms with van der Waals surface area (Å²) in [6, 6.07) is 7.10. The standard InChI is InChI=1S/C17H14O6/c1-22-14-3-2-9(5-12(14)19)4-10-8-23-15-7-11(18)6-13(20)16(15)17(10)21/h2-7,18-20H,8H2,1H3/b10-4+. The molecule has 3 rings (SSSR count). The number of carbonyl (C=O) groups is 1. The van der Waals surface area contributed by atoms with E-state index in [-0.39, 0.29) is 41.0 Å². The predicted molar refractivity (Wildman–Crippen MR) is 82.2 cm³/mol. The summed E-state index contributed by atoms with van der Waals surface area (Å²) in [5.74, 6) is -0.480. The summed E-state index contributed by atoms with van der Waals surface area (Å²) in [6.45, 7) is 0.00151. The number of carbonyl (C=O) groups excluding carboxylic acids is 1. The first-order valence-electron chi connectivity index (χ1n) is 6.80. The van der Waals surface area contributed by atoms with Gasteiger partial charge in [0.05, 0.1) is 7.11 Å². The van der Waals surface area contributed by atoms with Crippen molar-refractivity contribution in [3.8, 4) is 28.7 Å². The highest BCUT2D eigenvalue weighted by Crippen LogP contribution is 2.38. The molecule has 0 saturated heterocycles. The number of fused-ring (bicyclic) bond motifs is 1. The van der Waals surface area contributed by atoms with E-state index < -0.39 is 0 Å². The molecule has 0 bridgehead atoms. The molecule has 3 N–H and O–H groups in total. The van der Waals surface area contributed by atoms with E-state index in [2.05, 4.69) is 0 Å². The summed E-state index contributed by atoms with van der Waals surface area (Å²) in [7, 11) is 1.45. The van der Waals surface area contributed by atoms with Crippen LogP contribution in [0.3, 0.4) is 0 Å². The first-order valence-corrected chi connectivity index (χ1v) is 6.80. The number of ether oxygens (including phenoxy) is 2. The van der Waals surface area contributed by atoms with Gasteiger partial charge in [-0.05, 0) is 23.8 Å². The number of hydrogen-bond acceptors (Lipinski definition) is 6. The number of phenols is 3. The zero-order valence-corrected chi connectivity index (χ0v) is 12.2. The van der Waals surface area contributed by atoms with E-state index in [0.29, 0.717) is 16.9 Å². The fraction of sp³-hybridized carbons (Fsp3) is 0.118. The van der Waals surface area contributed by atoms with Gasteiger partial charge in [0.2, 0.25) is 0 Å². The summed E-state index contributed by atoms with van der Waals surface area (Å²) in [5.41, 5.74) is 0.929. The number of hydrogen-bond donors (Lipinski definition) is 3. The van der Waals surface area contributed by atoms with Crippen molar-refractivity contribution in [2.45, 2.75) is 0 Å². The van der Waals surface area contributed by atoms with E-state index >= 15 is 0 Å². The summed E-state index contributed by atoms with van der Waals surface area (Å²) in [4.78, 5) is 12.5. The highest BCUT2D eigenvalue weighted by Gasteiger charge is 2.27. The van der Waals surface area contributed by atoms with Crippen LogP contribution in [0.2, 0.25) is 0 Å². The SMILES string of the molecule is COc1ccc(/C=C2\COc3cc(O)cc(O)c3C2=O)cc1O. The second-order valence-electron chi connectivity index (χ2n) is 5.06. The molecule has 2 aromatic rings. The highest BCUT2D eigenvalue weighted by molar-refractivity contribution is 6.15. The number of rotatable bonds is 2. The Morgan fingerprint density at radius 1 is 1.13 bits per heavy atom. The van der Waals surface area contributed by atoms with Gasteiger partial charge in [0.1, 0.15) is 29.4 Å².